The van der Waals surface area contributed by atoms with E-state index in [-0.39, 0.29) is 5.91 Å². The molecule has 0 aliphatic heterocycles. The maximum Gasteiger partial charge on any atom is 0.234 e. The van der Waals surface area contributed by atoms with E-state index in [1.807, 2.05) is 20.2 Å². The Morgan fingerprint density at radius 1 is 1.50 bits per heavy atom. The lowest BCUT2D eigenvalue weighted by Gasteiger charge is -2.04. The number of likely N-dealkylation sites (N-methyl/N-ethyl adjacent to an activating group) is 1. The zero-order valence-corrected chi connectivity index (χ0v) is 10.2. The molecule has 0 spiro atoms. The molecule has 0 radical (unpaired) electrons. The minimum Gasteiger partial charge on any atom is -0.351 e. The smallest absolute Gasteiger partial charge is 0.234 e. The molecule has 0 saturated carbocycles. The first-order chi connectivity index (χ1) is 7.67. The summed E-state index contributed by atoms with van der Waals surface area (Å²) in [5.74, 6) is 0.0211. The van der Waals surface area contributed by atoms with Crippen molar-refractivity contribution in [2.24, 2.45) is 7.05 Å². The van der Waals surface area contributed by atoms with Crippen molar-refractivity contribution < 1.29 is 4.79 Å². The number of hydrogen-bond acceptors (Lipinski definition) is 3. The van der Waals surface area contributed by atoms with Gasteiger partial charge in [-0.15, -0.1) is 0 Å². The van der Waals surface area contributed by atoms with Crippen LogP contribution >= 0.6 is 0 Å². The predicted molar refractivity (Wildman–Crippen MR) is 63.0 cm³/mol. The molecule has 0 aliphatic carbocycles. The first-order valence-electron chi connectivity index (χ1n) is 5.66. The Kier molecular flexibility index (Phi) is 4.98. The highest BCUT2D eigenvalue weighted by Gasteiger charge is 2.07. The molecule has 2 N–H and O–H groups in total. The Hall–Kier alpha value is -1.36. The zero-order valence-electron chi connectivity index (χ0n) is 10.2. The van der Waals surface area contributed by atoms with Crippen LogP contribution in [0, 0.1) is 0 Å². The quantitative estimate of drug-likeness (QED) is 0.726. The van der Waals surface area contributed by atoms with Crippen LogP contribution in [0.25, 0.3) is 0 Å². The van der Waals surface area contributed by atoms with Crippen molar-refractivity contribution in [3.05, 3.63) is 17.5 Å². The van der Waals surface area contributed by atoms with Gasteiger partial charge in [0.1, 0.15) is 0 Å². The molecule has 0 bridgehead atoms. The largest absolute Gasteiger partial charge is 0.351 e. The lowest BCUT2D eigenvalue weighted by molar-refractivity contribution is -0.120. The van der Waals surface area contributed by atoms with E-state index < -0.39 is 0 Å². The molecule has 16 heavy (non-hydrogen) atoms. The molecule has 1 heterocycles. The molecule has 1 rings (SSSR count). The van der Waals surface area contributed by atoms with Crippen molar-refractivity contribution in [1.82, 2.24) is 20.4 Å². The number of carbonyl (C=O) groups is 1. The van der Waals surface area contributed by atoms with Gasteiger partial charge in [-0.3, -0.25) is 9.48 Å². The molecule has 0 fully saturated rings. The van der Waals surface area contributed by atoms with Crippen LogP contribution in [-0.2, 0) is 24.8 Å². The average molecular weight is 224 g/mol. The van der Waals surface area contributed by atoms with Gasteiger partial charge in [-0.25, -0.2) is 0 Å². The van der Waals surface area contributed by atoms with E-state index in [0.717, 1.165) is 24.2 Å². The molecule has 5 heteroatoms. The molecular weight excluding hydrogens is 204 g/mol. The molecule has 1 aromatic rings. The van der Waals surface area contributed by atoms with E-state index in [1.54, 1.807) is 4.68 Å². The maximum atomic E-state index is 11.4. The number of aromatic nitrogens is 2. The number of nitrogens with one attached hydrogen (secondary N) is 2. The van der Waals surface area contributed by atoms with E-state index in [1.165, 1.54) is 0 Å². The summed E-state index contributed by atoms with van der Waals surface area (Å²) in [4.78, 5) is 11.4. The van der Waals surface area contributed by atoms with Crippen LogP contribution in [0.15, 0.2) is 6.20 Å². The Balaban J connectivity index is 2.44. The standard InChI is InChI=1S/C11H20N4O/c1-4-10-9(8-15(3)14-10)6-13-11(16)7-12-5-2/h8,12H,4-7H2,1-3H3,(H,13,16). The Morgan fingerprint density at radius 2 is 2.25 bits per heavy atom. The highest BCUT2D eigenvalue weighted by atomic mass is 16.1. The summed E-state index contributed by atoms with van der Waals surface area (Å²) >= 11 is 0. The van der Waals surface area contributed by atoms with E-state index in [0.29, 0.717) is 13.1 Å². The molecule has 0 aromatic carbocycles. The monoisotopic (exact) mass is 224 g/mol. The fourth-order valence-corrected chi connectivity index (χ4v) is 1.52. The number of nitrogens with zero attached hydrogens (tertiary/aromatic N) is 2. The first kappa shape index (κ1) is 12.7. The minimum atomic E-state index is 0.0211. The molecule has 0 unspecified atom stereocenters. The second-order valence-electron chi connectivity index (χ2n) is 3.69. The summed E-state index contributed by atoms with van der Waals surface area (Å²) in [5.41, 5.74) is 2.14. The first-order valence-corrected chi connectivity index (χ1v) is 5.66. The lowest BCUT2D eigenvalue weighted by atomic mass is 10.2. The molecular formula is C11H20N4O. The second kappa shape index (κ2) is 6.27. The van der Waals surface area contributed by atoms with Gasteiger partial charge in [0.25, 0.3) is 0 Å². The van der Waals surface area contributed by atoms with Crippen molar-refractivity contribution >= 4 is 5.91 Å². The van der Waals surface area contributed by atoms with Crippen LogP contribution in [0.3, 0.4) is 0 Å². The minimum absolute atomic E-state index is 0.0211. The van der Waals surface area contributed by atoms with Crippen LogP contribution in [0.5, 0.6) is 0 Å². The van der Waals surface area contributed by atoms with Crippen molar-refractivity contribution in [3.8, 4) is 0 Å². The van der Waals surface area contributed by atoms with Gasteiger partial charge >= 0.3 is 0 Å². The van der Waals surface area contributed by atoms with Crippen LogP contribution < -0.4 is 10.6 Å². The van der Waals surface area contributed by atoms with Crippen LogP contribution in [-0.4, -0.2) is 28.8 Å². The van der Waals surface area contributed by atoms with Gasteiger partial charge in [0, 0.05) is 25.4 Å². The third-order valence-corrected chi connectivity index (χ3v) is 2.34. The van der Waals surface area contributed by atoms with Crippen molar-refractivity contribution in [2.75, 3.05) is 13.1 Å². The third-order valence-electron chi connectivity index (χ3n) is 2.34. The molecule has 5 nitrogen and oxygen atoms in total. The van der Waals surface area contributed by atoms with Crippen LogP contribution in [0.2, 0.25) is 0 Å². The van der Waals surface area contributed by atoms with E-state index >= 15 is 0 Å². The molecule has 1 aromatic heterocycles. The van der Waals surface area contributed by atoms with Crippen LogP contribution in [0.1, 0.15) is 25.1 Å². The highest BCUT2D eigenvalue weighted by molar-refractivity contribution is 5.77. The number of aryl methyl sites for hydroxylation is 2. The van der Waals surface area contributed by atoms with Crippen molar-refractivity contribution in [1.29, 1.82) is 0 Å². The topological polar surface area (TPSA) is 59.0 Å². The van der Waals surface area contributed by atoms with Gasteiger partial charge in [-0.05, 0) is 13.0 Å². The predicted octanol–water partition coefficient (Wildman–Crippen LogP) is 0.208. The second-order valence-corrected chi connectivity index (χ2v) is 3.69. The molecule has 0 atom stereocenters. The summed E-state index contributed by atoms with van der Waals surface area (Å²) in [6.07, 6.45) is 2.84. The fraction of sp³-hybridized carbons (Fsp3) is 0.636. The number of amides is 1. The molecule has 0 saturated heterocycles. The fourth-order valence-electron chi connectivity index (χ4n) is 1.52. The van der Waals surface area contributed by atoms with Gasteiger partial charge in [0.05, 0.1) is 12.2 Å². The average Bonchev–Trinajstić information content (AvgIpc) is 2.64. The Labute approximate surface area is 96.2 Å². The van der Waals surface area contributed by atoms with Gasteiger partial charge in [-0.2, -0.15) is 5.10 Å². The highest BCUT2D eigenvalue weighted by Crippen LogP contribution is 2.06. The van der Waals surface area contributed by atoms with Gasteiger partial charge in [0.15, 0.2) is 0 Å². The summed E-state index contributed by atoms with van der Waals surface area (Å²) in [5, 5.41) is 10.2. The number of hydrogen-bond donors (Lipinski definition) is 2. The summed E-state index contributed by atoms with van der Waals surface area (Å²) < 4.78 is 1.78. The van der Waals surface area contributed by atoms with Crippen LogP contribution in [0.4, 0.5) is 0 Å². The van der Waals surface area contributed by atoms with Gasteiger partial charge < -0.3 is 10.6 Å². The molecule has 0 aliphatic rings. The molecule has 1 amide bonds. The Morgan fingerprint density at radius 3 is 2.88 bits per heavy atom. The number of carbonyl (C=O) groups excluding carboxylic acids is 1. The van der Waals surface area contributed by atoms with E-state index in [2.05, 4.69) is 22.7 Å². The summed E-state index contributed by atoms with van der Waals surface area (Å²) in [6.45, 7) is 5.77. The van der Waals surface area contributed by atoms with Crippen molar-refractivity contribution in [2.45, 2.75) is 26.8 Å². The van der Waals surface area contributed by atoms with Gasteiger partial charge in [-0.1, -0.05) is 13.8 Å². The SMILES string of the molecule is CCNCC(=O)NCc1cn(C)nc1CC. The van der Waals surface area contributed by atoms with Gasteiger partial charge in [0.2, 0.25) is 5.91 Å². The van der Waals surface area contributed by atoms with E-state index in [9.17, 15) is 4.79 Å². The van der Waals surface area contributed by atoms with Crippen molar-refractivity contribution in [3.63, 3.8) is 0 Å². The maximum absolute atomic E-state index is 11.4. The molecule has 90 valence electrons. The van der Waals surface area contributed by atoms with E-state index in [4.69, 9.17) is 0 Å². The lowest BCUT2D eigenvalue weighted by Crippen LogP contribution is -2.33. The summed E-state index contributed by atoms with van der Waals surface area (Å²) in [6, 6.07) is 0. The number of rotatable bonds is 6. The Bertz CT molecular complexity index is 346. The third kappa shape index (κ3) is 3.66. The normalized spacial score (nSPS) is 10.4. The summed E-state index contributed by atoms with van der Waals surface area (Å²) in [7, 11) is 1.89. The zero-order chi connectivity index (χ0) is 12.0.